The lowest BCUT2D eigenvalue weighted by atomic mass is 10.1. The van der Waals surface area contributed by atoms with Crippen LogP contribution in [0.2, 0.25) is 0 Å². The fraction of sp³-hybridized carbons (Fsp3) is 0.409. The minimum atomic E-state index is -3.70. The number of nitro benzene ring substituents is 1. The number of hydrogen-bond donors (Lipinski definition) is 0. The first-order chi connectivity index (χ1) is 15.8. The van der Waals surface area contributed by atoms with Gasteiger partial charge in [0, 0.05) is 62.7 Å². The van der Waals surface area contributed by atoms with Gasteiger partial charge in [-0.2, -0.15) is 4.31 Å². The Bertz CT molecular complexity index is 1160. The number of hydrogen-bond acceptors (Lipinski definition) is 7. The maximum absolute atomic E-state index is 13.3. The third-order valence-electron chi connectivity index (χ3n) is 6.02. The second-order valence-electron chi connectivity index (χ2n) is 8.05. The lowest BCUT2D eigenvalue weighted by Crippen LogP contribution is -2.49. The number of carbonyl (C=O) groups is 1. The van der Waals surface area contributed by atoms with Crippen molar-refractivity contribution in [2.45, 2.75) is 11.8 Å². The molecule has 11 heteroatoms. The van der Waals surface area contributed by atoms with Gasteiger partial charge in [0.2, 0.25) is 10.0 Å². The van der Waals surface area contributed by atoms with Crippen LogP contribution in [-0.4, -0.2) is 80.9 Å². The fourth-order valence-corrected chi connectivity index (χ4v) is 5.50. The van der Waals surface area contributed by atoms with Crippen molar-refractivity contribution >= 4 is 27.3 Å². The Kier molecular flexibility index (Phi) is 6.63. The molecule has 2 aromatic rings. The van der Waals surface area contributed by atoms with Crippen LogP contribution in [0.25, 0.3) is 0 Å². The number of aryl methyl sites for hydroxylation is 1. The number of non-ortho nitro benzene ring substituents is 1. The second-order valence-corrected chi connectivity index (χ2v) is 9.99. The molecule has 0 aromatic heterocycles. The molecule has 0 unspecified atom stereocenters. The number of rotatable bonds is 5. The van der Waals surface area contributed by atoms with Crippen molar-refractivity contribution in [2.75, 3.05) is 57.4 Å². The highest BCUT2D eigenvalue weighted by Gasteiger charge is 2.29. The lowest BCUT2D eigenvalue weighted by Gasteiger charge is -2.36. The van der Waals surface area contributed by atoms with E-state index in [2.05, 4.69) is 0 Å². The lowest BCUT2D eigenvalue weighted by molar-refractivity contribution is -0.384. The number of amides is 1. The maximum Gasteiger partial charge on any atom is 0.271 e. The van der Waals surface area contributed by atoms with Crippen LogP contribution < -0.4 is 4.90 Å². The van der Waals surface area contributed by atoms with E-state index in [0.29, 0.717) is 63.6 Å². The van der Waals surface area contributed by atoms with Crippen molar-refractivity contribution in [2.24, 2.45) is 0 Å². The monoisotopic (exact) mass is 474 g/mol. The Morgan fingerprint density at radius 2 is 1.70 bits per heavy atom. The Labute approximate surface area is 192 Å². The van der Waals surface area contributed by atoms with Crippen molar-refractivity contribution in [3.63, 3.8) is 0 Å². The molecule has 0 radical (unpaired) electrons. The van der Waals surface area contributed by atoms with Crippen LogP contribution in [0.4, 0.5) is 11.4 Å². The first-order valence-corrected chi connectivity index (χ1v) is 12.2. The molecular weight excluding hydrogens is 448 g/mol. The predicted molar refractivity (Wildman–Crippen MR) is 122 cm³/mol. The van der Waals surface area contributed by atoms with Gasteiger partial charge in [-0.05, 0) is 30.7 Å². The summed E-state index contributed by atoms with van der Waals surface area (Å²) in [5.74, 6) is -0.217. The van der Waals surface area contributed by atoms with E-state index in [9.17, 15) is 23.3 Å². The number of anilines is 1. The highest BCUT2D eigenvalue weighted by Crippen LogP contribution is 2.25. The van der Waals surface area contributed by atoms with Crippen molar-refractivity contribution < 1.29 is 22.9 Å². The number of ether oxygens (including phenoxy) is 1. The van der Waals surface area contributed by atoms with Crippen molar-refractivity contribution in [3.8, 4) is 0 Å². The molecule has 2 saturated heterocycles. The summed E-state index contributed by atoms with van der Waals surface area (Å²) in [6, 6.07) is 11.1. The fourth-order valence-electron chi connectivity index (χ4n) is 4.07. The molecule has 2 aliphatic rings. The minimum absolute atomic E-state index is 0.0277. The van der Waals surface area contributed by atoms with Gasteiger partial charge in [-0.1, -0.05) is 12.1 Å². The Morgan fingerprint density at radius 1 is 1.00 bits per heavy atom. The summed E-state index contributed by atoms with van der Waals surface area (Å²) in [6.45, 7) is 4.99. The average molecular weight is 475 g/mol. The van der Waals surface area contributed by atoms with Gasteiger partial charge in [0.15, 0.2) is 0 Å². The second kappa shape index (κ2) is 9.46. The number of nitrogens with zero attached hydrogens (tertiary/aromatic N) is 4. The van der Waals surface area contributed by atoms with Crippen molar-refractivity contribution in [1.82, 2.24) is 9.21 Å². The molecule has 2 heterocycles. The van der Waals surface area contributed by atoms with Crippen LogP contribution in [0.5, 0.6) is 0 Å². The molecule has 0 spiro atoms. The first-order valence-electron chi connectivity index (χ1n) is 10.7. The molecule has 4 rings (SSSR count). The molecule has 0 N–H and O–H groups in total. The van der Waals surface area contributed by atoms with Crippen LogP contribution >= 0.6 is 0 Å². The highest BCUT2D eigenvalue weighted by molar-refractivity contribution is 7.89. The Hall–Kier alpha value is -3.02. The molecule has 0 saturated carbocycles. The molecule has 33 heavy (non-hydrogen) atoms. The number of morpholine rings is 1. The zero-order valence-electron chi connectivity index (χ0n) is 18.3. The molecule has 0 aliphatic carbocycles. The molecule has 2 aliphatic heterocycles. The Balaban J connectivity index is 1.48. The quantitative estimate of drug-likeness (QED) is 0.480. The van der Waals surface area contributed by atoms with E-state index in [-0.39, 0.29) is 16.5 Å². The molecule has 0 bridgehead atoms. The third-order valence-corrected chi connectivity index (χ3v) is 7.91. The molecule has 0 atom stereocenters. The molecule has 2 aromatic carbocycles. The van der Waals surface area contributed by atoms with Crippen LogP contribution in [0, 0.1) is 17.0 Å². The summed E-state index contributed by atoms with van der Waals surface area (Å²) in [5, 5.41) is 11.0. The summed E-state index contributed by atoms with van der Waals surface area (Å²) < 4.78 is 32.7. The Morgan fingerprint density at radius 3 is 2.36 bits per heavy atom. The number of benzene rings is 2. The van der Waals surface area contributed by atoms with E-state index in [1.807, 2.05) is 11.0 Å². The van der Waals surface area contributed by atoms with E-state index in [1.54, 1.807) is 24.0 Å². The van der Waals surface area contributed by atoms with Gasteiger partial charge >= 0.3 is 0 Å². The zero-order valence-corrected chi connectivity index (χ0v) is 19.2. The summed E-state index contributed by atoms with van der Waals surface area (Å²) in [4.78, 5) is 27.7. The minimum Gasteiger partial charge on any atom is -0.379 e. The van der Waals surface area contributed by atoms with Gasteiger partial charge in [0.25, 0.3) is 11.6 Å². The number of carbonyl (C=O) groups excluding carboxylic acids is 1. The van der Waals surface area contributed by atoms with Gasteiger partial charge in [-0.3, -0.25) is 14.9 Å². The summed E-state index contributed by atoms with van der Waals surface area (Å²) in [5.41, 5.74) is 1.85. The summed E-state index contributed by atoms with van der Waals surface area (Å²) in [7, 11) is -3.70. The molecule has 1 amide bonds. The van der Waals surface area contributed by atoms with E-state index < -0.39 is 14.9 Å². The first kappa shape index (κ1) is 23.1. The van der Waals surface area contributed by atoms with Gasteiger partial charge in [0.05, 0.1) is 23.0 Å². The van der Waals surface area contributed by atoms with E-state index >= 15 is 0 Å². The maximum atomic E-state index is 13.3. The van der Waals surface area contributed by atoms with Crippen LogP contribution in [0.1, 0.15) is 15.9 Å². The molecule has 10 nitrogen and oxygen atoms in total. The molecular formula is C22H26N4O6S. The van der Waals surface area contributed by atoms with Crippen LogP contribution in [0.3, 0.4) is 0 Å². The number of nitro groups is 1. The normalized spacial score (nSPS) is 17.7. The van der Waals surface area contributed by atoms with E-state index in [0.717, 1.165) is 5.69 Å². The van der Waals surface area contributed by atoms with Gasteiger partial charge in [-0.15, -0.1) is 0 Å². The molecule has 2 fully saturated rings. The van der Waals surface area contributed by atoms with Crippen LogP contribution in [0.15, 0.2) is 47.4 Å². The summed E-state index contributed by atoms with van der Waals surface area (Å²) >= 11 is 0. The third kappa shape index (κ3) is 4.85. The highest BCUT2D eigenvalue weighted by atomic mass is 32.2. The van der Waals surface area contributed by atoms with Gasteiger partial charge in [0.1, 0.15) is 0 Å². The van der Waals surface area contributed by atoms with Crippen molar-refractivity contribution in [3.05, 3.63) is 63.7 Å². The van der Waals surface area contributed by atoms with Gasteiger partial charge in [-0.25, -0.2) is 8.42 Å². The summed E-state index contributed by atoms with van der Waals surface area (Å²) in [6.07, 6.45) is 0. The number of sulfonamides is 1. The van der Waals surface area contributed by atoms with E-state index in [1.165, 1.54) is 28.6 Å². The van der Waals surface area contributed by atoms with Crippen LogP contribution in [-0.2, 0) is 14.8 Å². The average Bonchev–Trinajstić information content (AvgIpc) is 2.84. The predicted octanol–water partition coefficient (Wildman–Crippen LogP) is 1.89. The number of piperazine rings is 1. The SMILES string of the molecule is Cc1ccc(S(=O)(=O)N2CCOCC2)cc1C(=O)N1CCN(c2cccc([N+](=O)[O-])c2)CC1. The van der Waals surface area contributed by atoms with Crippen molar-refractivity contribution in [1.29, 1.82) is 0 Å². The van der Waals surface area contributed by atoms with E-state index in [4.69, 9.17) is 4.74 Å². The smallest absolute Gasteiger partial charge is 0.271 e. The topological polar surface area (TPSA) is 113 Å². The standard InChI is InChI=1S/C22H26N4O6S/c1-17-5-6-20(33(30,31)25-11-13-32-14-12-25)16-21(17)22(27)24-9-7-23(8-10-24)18-3-2-4-19(15-18)26(28)29/h2-6,15-16H,7-14H2,1H3. The zero-order chi connectivity index (χ0) is 23.6. The molecule has 176 valence electrons. The largest absolute Gasteiger partial charge is 0.379 e. The van der Waals surface area contributed by atoms with Gasteiger partial charge < -0.3 is 14.5 Å².